The molecule has 1 aliphatic heterocycles. The van der Waals surface area contributed by atoms with Crippen LogP contribution in [0.3, 0.4) is 0 Å². The molecule has 3 amide bonds. The SMILES string of the molecule is CC(=O)CNC(=O)C(Cc1ccccc1)NC(=O)C(CC(C)C)NC(=O)C1CCCN1. The summed E-state index contributed by atoms with van der Waals surface area (Å²) in [6.07, 6.45) is 2.40. The summed E-state index contributed by atoms with van der Waals surface area (Å²) in [4.78, 5) is 49.6. The highest BCUT2D eigenvalue weighted by Crippen LogP contribution is 2.10. The van der Waals surface area contributed by atoms with Crippen LogP contribution < -0.4 is 21.3 Å². The summed E-state index contributed by atoms with van der Waals surface area (Å²) in [5.74, 6) is -1.03. The Morgan fingerprint density at radius 2 is 1.74 bits per heavy atom. The number of carbonyl (C=O) groups excluding carboxylic acids is 4. The van der Waals surface area contributed by atoms with Crippen molar-refractivity contribution in [2.24, 2.45) is 5.92 Å². The number of rotatable bonds is 11. The minimum atomic E-state index is -0.856. The Kier molecular flexibility index (Phi) is 9.65. The molecule has 0 aliphatic carbocycles. The van der Waals surface area contributed by atoms with Crippen molar-refractivity contribution in [2.45, 2.75) is 64.6 Å². The highest BCUT2D eigenvalue weighted by molar-refractivity contribution is 5.94. The second-order valence-corrected chi connectivity index (χ2v) is 8.51. The average molecular weight is 431 g/mol. The zero-order chi connectivity index (χ0) is 22.8. The fourth-order valence-electron chi connectivity index (χ4n) is 3.55. The number of hydrogen-bond acceptors (Lipinski definition) is 5. The molecule has 1 saturated heterocycles. The largest absolute Gasteiger partial charge is 0.347 e. The van der Waals surface area contributed by atoms with Crippen molar-refractivity contribution in [3.05, 3.63) is 35.9 Å². The van der Waals surface area contributed by atoms with Gasteiger partial charge in [-0.05, 0) is 44.2 Å². The smallest absolute Gasteiger partial charge is 0.243 e. The monoisotopic (exact) mass is 430 g/mol. The first-order valence-corrected chi connectivity index (χ1v) is 10.9. The Morgan fingerprint density at radius 1 is 1.03 bits per heavy atom. The Bertz CT molecular complexity index is 760. The topological polar surface area (TPSA) is 116 Å². The molecule has 3 atom stereocenters. The molecule has 3 unspecified atom stereocenters. The molecule has 1 aliphatic rings. The lowest BCUT2D eigenvalue weighted by atomic mass is 10.0. The molecule has 0 aromatic heterocycles. The molecule has 0 spiro atoms. The predicted molar refractivity (Wildman–Crippen MR) is 118 cm³/mol. The van der Waals surface area contributed by atoms with Gasteiger partial charge >= 0.3 is 0 Å². The number of amides is 3. The van der Waals surface area contributed by atoms with Crippen LogP contribution in [0.2, 0.25) is 0 Å². The number of hydrogen-bond donors (Lipinski definition) is 4. The van der Waals surface area contributed by atoms with Crippen molar-refractivity contribution < 1.29 is 19.2 Å². The van der Waals surface area contributed by atoms with Crippen molar-refractivity contribution in [2.75, 3.05) is 13.1 Å². The molecule has 1 aromatic rings. The van der Waals surface area contributed by atoms with E-state index in [1.807, 2.05) is 44.2 Å². The van der Waals surface area contributed by atoms with Gasteiger partial charge in [0.15, 0.2) is 0 Å². The minimum absolute atomic E-state index is 0.0977. The minimum Gasteiger partial charge on any atom is -0.347 e. The molecule has 1 fully saturated rings. The van der Waals surface area contributed by atoms with Gasteiger partial charge in [0.2, 0.25) is 17.7 Å². The van der Waals surface area contributed by atoms with Crippen molar-refractivity contribution >= 4 is 23.5 Å². The third kappa shape index (κ3) is 8.49. The van der Waals surface area contributed by atoms with E-state index in [1.165, 1.54) is 6.92 Å². The van der Waals surface area contributed by atoms with Crippen LogP contribution in [-0.2, 0) is 25.6 Å². The Morgan fingerprint density at radius 3 is 2.32 bits per heavy atom. The van der Waals surface area contributed by atoms with Gasteiger partial charge in [0.25, 0.3) is 0 Å². The molecule has 8 nitrogen and oxygen atoms in total. The van der Waals surface area contributed by atoms with Gasteiger partial charge in [-0.1, -0.05) is 44.2 Å². The van der Waals surface area contributed by atoms with E-state index in [1.54, 1.807) is 0 Å². The molecule has 170 valence electrons. The lowest BCUT2D eigenvalue weighted by Gasteiger charge is -2.25. The highest BCUT2D eigenvalue weighted by atomic mass is 16.2. The number of ketones is 1. The van der Waals surface area contributed by atoms with E-state index < -0.39 is 23.9 Å². The summed E-state index contributed by atoms with van der Waals surface area (Å²) in [5.41, 5.74) is 0.880. The van der Waals surface area contributed by atoms with Gasteiger partial charge in [0.05, 0.1) is 12.6 Å². The maximum absolute atomic E-state index is 13.1. The van der Waals surface area contributed by atoms with Crippen LogP contribution in [0, 0.1) is 5.92 Å². The molecule has 0 radical (unpaired) electrons. The number of Topliss-reactive ketones (excluding diaryl/α,β-unsaturated/α-hetero) is 1. The Hall–Kier alpha value is -2.74. The molecule has 2 rings (SSSR count). The van der Waals surface area contributed by atoms with Crippen LogP contribution in [0.4, 0.5) is 0 Å². The van der Waals surface area contributed by atoms with Gasteiger partial charge in [0, 0.05) is 6.42 Å². The fraction of sp³-hybridized carbons (Fsp3) is 0.565. The Labute approximate surface area is 183 Å². The van der Waals surface area contributed by atoms with Crippen molar-refractivity contribution in [1.82, 2.24) is 21.3 Å². The van der Waals surface area contributed by atoms with Gasteiger partial charge in [0.1, 0.15) is 17.9 Å². The third-order valence-electron chi connectivity index (χ3n) is 5.14. The molecule has 0 bridgehead atoms. The van der Waals surface area contributed by atoms with Gasteiger partial charge < -0.3 is 21.3 Å². The lowest BCUT2D eigenvalue weighted by Crippen LogP contribution is -2.56. The highest BCUT2D eigenvalue weighted by Gasteiger charge is 2.30. The Balaban J connectivity index is 2.11. The summed E-state index contributed by atoms with van der Waals surface area (Å²) in [5, 5.41) is 11.3. The first-order chi connectivity index (χ1) is 14.8. The second-order valence-electron chi connectivity index (χ2n) is 8.51. The molecule has 0 saturated carbocycles. The average Bonchev–Trinajstić information content (AvgIpc) is 3.26. The van der Waals surface area contributed by atoms with Crippen molar-refractivity contribution in [3.63, 3.8) is 0 Å². The van der Waals surface area contributed by atoms with E-state index in [0.717, 1.165) is 24.9 Å². The summed E-state index contributed by atoms with van der Waals surface area (Å²) >= 11 is 0. The summed E-state index contributed by atoms with van der Waals surface area (Å²) in [6.45, 7) is 6.02. The quantitative estimate of drug-likeness (QED) is 0.412. The number of benzene rings is 1. The zero-order valence-electron chi connectivity index (χ0n) is 18.6. The molecule has 8 heteroatoms. The van der Waals surface area contributed by atoms with Crippen LogP contribution in [0.25, 0.3) is 0 Å². The molecular formula is C23H34N4O4. The van der Waals surface area contributed by atoms with Gasteiger partial charge in [-0.2, -0.15) is 0 Å². The van der Waals surface area contributed by atoms with E-state index in [9.17, 15) is 19.2 Å². The van der Waals surface area contributed by atoms with Gasteiger partial charge in [-0.25, -0.2) is 0 Å². The maximum Gasteiger partial charge on any atom is 0.243 e. The van der Waals surface area contributed by atoms with Gasteiger partial charge in [-0.3, -0.25) is 19.2 Å². The predicted octanol–water partition coefficient (Wildman–Crippen LogP) is 0.702. The van der Waals surface area contributed by atoms with Crippen LogP contribution >= 0.6 is 0 Å². The summed E-state index contributed by atoms with van der Waals surface area (Å²) in [6, 6.07) is 7.45. The first kappa shape index (κ1) is 24.5. The van der Waals surface area contributed by atoms with Crippen LogP contribution in [-0.4, -0.2) is 54.7 Å². The van der Waals surface area contributed by atoms with Gasteiger partial charge in [-0.15, -0.1) is 0 Å². The zero-order valence-corrected chi connectivity index (χ0v) is 18.6. The summed E-state index contributed by atoms with van der Waals surface area (Å²) < 4.78 is 0. The molecule has 31 heavy (non-hydrogen) atoms. The van der Waals surface area contributed by atoms with Crippen LogP contribution in [0.5, 0.6) is 0 Å². The second kappa shape index (κ2) is 12.2. The third-order valence-corrected chi connectivity index (χ3v) is 5.14. The first-order valence-electron chi connectivity index (χ1n) is 10.9. The van der Waals surface area contributed by atoms with Crippen molar-refractivity contribution in [1.29, 1.82) is 0 Å². The summed E-state index contributed by atoms with van der Waals surface area (Å²) in [7, 11) is 0. The van der Waals surface area contributed by atoms with E-state index >= 15 is 0 Å². The van der Waals surface area contributed by atoms with Crippen LogP contribution in [0.1, 0.15) is 45.6 Å². The van der Waals surface area contributed by atoms with E-state index in [2.05, 4.69) is 21.3 Å². The van der Waals surface area contributed by atoms with Crippen LogP contribution in [0.15, 0.2) is 30.3 Å². The standard InChI is InChI=1S/C23H34N4O4/c1-15(2)12-19(26-22(30)18-10-7-11-24-18)23(31)27-20(21(29)25-14-16(3)28)13-17-8-5-4-6-9-17/h4-6,8-9,15,18-20,24H,7,10-14H2,1-3H3,(H,25,29)(H,26,30)(H,27,31). The fourth-order valence-corrected chi connectivity index (χ4v) is 3.55. The molecule has 4 N–H and O–H groups in total. The number of carbonyl (C=O) groups is 4. The van der Waals surface area contributed by atoms with E-state index in [4.69, 9.17) is 0 Å². The van der Waals surface area contributed by atoms with E-state index in [0.29, 0.717) is 6.42 Å². The normalized spacial score (nSPS) is 17.6. The van der Waals surface area contributed by atoms with E-state index in [-0.39, 0.29) is 36.6 Å². The number of nitrogens with one attached hydrogen (secondary N) is 4. The molecule has 1 aromatic carbocycles. The maximum atomic E-state index is 13.1. The molecule has 1 heterocycles. The lowest BCUT2D eigenvalue weighted by molar-refractivity contribution is -0.133. The molecular weight excluding hydrogens is 396 g/mol. The van der Waals surface area contributed by atoms with Crippen molar-refractivity contribution in [3.8, 4) is 0 Å².